The van der Waals surface area contributed by atoms with Gasteiger partial charge in [0.2, 0.25) is 0 Å². The van der Waals surface area contributed by atoms with Crippen molar-refractivity contribution in [2.24, 2.45) is 0 Å². The number of sulfone groups is 1. The summed E-state index contributed by atoms with van der Waals surface area (Å²) < 4.78 is 30.3. The monoisotopic (exact) mass is 449 g/mol. The highest BCUT2D eigenvalue weighted by molar-refractivity contribution is 7.91. The van der Waals surface area contributed by atoms with E-state index in [-0.39, 0.29) is 29.5 Å². The van der Waals surface area contributed by atoms with E-state index in [1.165, 1.54) is 6.42 Å². The molecule has 4 rings (SSSR count). The zero-order chi connectivity index (χ0) is 21.1. The van der Waals surface area contributed by atoms with Crippen molar-refractivity contribution in [1.82, 2.24) is 15.2 Å². The van der Waals surface area contributed by atoms with E-state index in [4.69, 9.17) is 4.74 Å². The number of thiazole rings is 1. The molecule has 2 aromatic rings. The largest absolute Gasteiger partial charge is 0.487 e. The molecule has 162 valence electrons. The van der Waals surface area contributed by atoms with Crippen molar-refractivity contribution in [3.63, 3.8) is 0 Å². The molecule has 1 aromatic heterocycles. The normalized spacial score (nSPS) is 23.9. The van der Waals surface area contributed by atoms with Crippen LogP contribution in [0.4, 0.5) is 0 Å². The molecule has 2 atom stereocenters. The summed E-state index contributed by atoms with van der Waals surface area (Å²) in [6.45, 7) is 4.07. The summed E-state index contributed by atoms with van der Waals surface area (Å²) in [7, 11) is -3.15. The molecule has 1 N–H and O–H groups in total. The Morgan fingerprint density at radius 3 is 2.80 bits per heavy atom. The molecule has 0 bridgehead atoms. The first-order chi connectivity index (χ1) is 14.4. The van der Waals surface area contributed by atoms with Gasteiger partial charge in [0.05, 0.1) is 28.2 Å². The highest BCUT2D eigenvalue weighted by Crippen LogP contribution is 2.23. The lowest BCUT2D eigenvalue weighted by Crippen LogP contribution is -2.52. The molecule has 0 radical (unpaired) electrons. The van der Waals surface area contributed by atoms with E-state index in [9.17, 15) is 13.2 Å². The van der Waals surface area contributed by atoms with E-state index in [0.29, 0.717) is 17.9 Å². The van der Waals surface area contributed by atoms with Gasteiger partial charge in [-0.25, -0.2) is 13.4 Å². The number of benzene rings is 1. The Balaban J connectivity index is 1.42. The van der Waals surface area contributed by atoms with Crippen molar-refractivity contribution >= 4 is 27.1 Å². The van der Waals surface area contributed by atoms with Gasteiger partial charge in [0.15, 0.2) is 9.84 Å². The lowest BCUT2D eigenvalue weighted by atomic mass is 10.0. The number of ether oxygens (including phenoxy) is 1. The number of likely N-dealkylation sites (tertiary alicyclic amines) is 1. The number of nitrogens with zero attached hydrogens (tertiary/aromatic N) is 2. The lowest BCUT2D eigenvalue weighted by molar-refractivity contribution is 0.0899. The number of hydrogen-bond donors (Lipinski definition) is 1. The molecule has 0 spiro atoms. The van der Waals surface area contributed by atoms with Crippen LogP contribution in [-0.4, -0.2) is 60.9 Å². The number of hydrogen-bond acceptors (Lipinski definition) is 7. The molecule has 30 heavy (non-hydrogen) atoms. The summed E-state index contributed by atoms with van der Waals surface area (Å²) in [6, 6.07) is 6.44. The minimum absolute atomic E-state index is 0.000720. The van der Waals surface area contributed by atoms with Gasteiger partial charge in [-0.2, -0.15) is 0 Å². The molecule has 2 fully saturated rings. The second kappa shape index (κ2) is 9.03. The van der Waals surface area contributed by atoms with Crippen molar-refractivity contribution in [2.75, 3.05) is 24.6 Å². The first-order valence-corrected chi connectivity index (χ1v) is 13.0. The average Bonchev–Trinajstić information content (AvgIpc) is 3.29. The van der Waals surface area contributed by atoms with Crippen LogP contribution in [0.3, 0.4) is 0 Å². The first kappa shape index (κ1) is 21.3. The highest BCUT2D eigenvalue weighted by Gasteiger charge is 2.42. The maximum absolute atomic E-state index is 12.9. The molecule has 3 heterocycles. The Bertz CT molecular complexity index is 999. The van der Waals surface area contributed by atoms with Gasteiger partial charge in [-0.15, -0.1) is 11.3 Å². The van der Waals surface area contributed by atoms with Gasteiger partial charge < -0.3 is 10.1 Å². The molecule has 7 nitrogen and oxygen atoms in total. The molecule has 2 aliphatic rings. The van der Waals surface area contributed by atoms with Gasteiger partial charge in [0, 0.05) is 17.0 Å². The van der Waals surface area contributed by atoms with Crippen LogP contribution in [0.1, 0.15) is 40.3 Å². The number of rotatable bonds is 6. The van der Waals surface area contributed by atoms with Crippen LogP contribution in [0, 0.1) is 6.92 Å². The average molecular weight is 450 g/mol. The summed E-state index contributed by atoms with van der Waals surface area (Å²) in [4.78, 5) is 19.5. The van der Waals surface area contributed by atoms with Crippen molar-refractivity contribution in [3.05, 3.63) is 45.9 Å². The van der Waals surface area contributed by atoms with E-state index in [2.05, 4.69) is 15.2 Å². The van der Waals surface area contributed by atoms with E-state index in [1.807, 2.05) is 12.3 Å². The fourth-order valence-corrected chi connectivity index (χ4v) is 6.74. The Labute approximate surface area is 181 Å². The number of nitrogens with one attached hydrogen (secondary N) is 1. The van der Waals surface area contributed by atoms with Gasteiger partial charge in [-0.05, 0) is 51.1 Å². The third kappa shape index (κ3) is 5.19. The highest BCUT2D eigenvalue weighted by atomic mass is 32.2. The van der Waals surface area contributed by atoms with Gasteiger partial charge in [-0.3, -0.25) is 9.69 Å². The Kier molecular flexibility index (Phi) is 6.40. The SMILES string of the molecule is Cc1nc(COc2cccc(C(=O)N[C@@H]3CS(=O)(=O)C[C@@H]3N3CCCCC3)c2)cs1. The van der Waals surface area contributed by atoms with Crippen LogP contribution in [0.2, 0.25) is 0 Å². The van der Waals surface area contributed by atoms with Gasteiger partial charge in [-0.1, -0.05) is 12.5 Å². The van der Waals surface area contributed by atoms with E-state index < -0.39 is 9.84 Å². The molecule has 1 amide bonds. The molecule has 1 aromatic carbocycles. The smallest absolute Gasteiger partial charge is 0.251 e. The maximum Gasteiger partial charge on any atom is 0.251 e. The van der Waals surface area contributed by atoms with Gasteiger partial charge >= 0.3 is 0 Å². The minimum atomic E-state index is -3.15. The number of aromatic nitrogens is 1. The van der Waals surface area contributed by atoms with Crippen molar-refractivity contribution in [3.8, 4) is 5.75 Å². The molecular formula is C21H27N3O4S2. The Hall–Kier alpha value is -1.97. The first-order valence-electron chi connectivity index (χ1n) is 10.3. The zero-order valence-electron chi connectivity index (χ0n) is 17.0. The third-order valence-electron chi connectivity index (χ3n) is 5.65. The number of carbonyl (C=O) groups excluding carboxylic acids is 1. The summed E-state index contributed by atoms with van der Waals surface area (Å²) in [5.74, 6) is 0.432. The van der Waals surface area contributed by atoms with Crippen LogP contribution < -0.4 is 10.1 Å². The van der Waals surface area contributed by atoms with Gasteiger partial charge in [0.1, 0.15) is 12.4 Å². The minimum Gasteiger partial charge on any atom is -0.487 e. The van der Waals surface area contributed by atoms with Crippen LogP contribution in [-0.2, 0) is 16.4 Å². The van der Waals surface area contributed by atoms with Crippen molar-refractivity contribution in [1.29, 1.82) is 0 Å². The molecular weight excluding hydrogens is 422 g/mol. The number of piperidine rings is 1. The molecule has 0 saturated carbocycles. The fraction of sp³-hybridized carbons (Fsp3) is 0.524. The number of amides is 1. The van der Waals surface area contributed by atoms with Crippen molar-refractivity contribution < 1.29 is 17.9 Å². The maximum atomic E-state index is 12.9. The lowest BCUT2D eigenvalue weighted by Gasteiger charge is -2.35. The predicted molar refractivity (Wildman–Crippen MR) is 117 cm³/mol. The number of carbonyl (C=O) groups is 1. The standard InChI is InChI=1S/C21H27N3O4S2/c1-15-22-17(12-29-15)11-28-18-7-5-6-16(10-18)21(25)23-19-13-30(26,27)14-20(19)24-8-3-2-4-9-24/h5-7,10,12,19-20H,2-4,8-9,11,13-14H2,1H3,(H,23,25)/t19-,20+/m1/s1. The molecule has 2 saturated heterocycles. The topological polar surface area (TPSA) is 88.6 Å². The van der Waals surface area contributed by atoms with Crippen LogP contribution in [0.15, 0.2) is 29.6 Å². The predicted octanol–water partition coefficient (Wildman–Crippen LogP) is 2.41. The second-order valence-corrected chi connectivity index (χ2v) is 11.2. The molecule has 0 aliphatic carbocycles. The third-order valence-corrected chi connectivity index (χ3v) is 8.19. The van der Waals surface area contributed by atoms with Gasteiger partial charge in [0.25, 0.3) is 5.91 Å². The Morgan fingerprint density at radius 2 is 2.07 bits per heavy atom. The van der Waals surface area contributed by atoms with Crippen LogP contribution >= 0.6 is 11.3 Å². The molecule has 0 unspecified atom stereocenters. The van der Waals surface area contributed by atoms with Crippen LogP contribution in [0.25, 0.3) is 0 Å². The second-order valence-electron chi connectivity index (χ2n) is 8.00. The van der Waals surface area contributed by atoms with Crippen LogP contribution in [0.5, 0.6) is 5.75 Å². The van der Waals surface area contributed by atoms with E-state index in [0.717, 1.165) is 36.6 Å². The molecule has 2 aliphatic heterocycles. The summed E-state index contributed by atoms with van der Waals surface area (Å²) in [6.07, 6.45) is 3.34. The summed E-state index contributed by atoms with van der Waals surface area (Å²) in [5.41, 5.74) is 1.32. The van der Waals surface area contributed by atoms with E-state index in [1.54, 1.807) is 35.6 Å². The quantitative estimate of drug-likeness (QED) is 0.729. The molecule has 9 heteroatoms. The number of aryl methyl sites for hydroxylation is 1. The Morgan fingerprint density at radius 1 is 1.27 bits per heavy atom. The zero-order valence-corrected chi connectivity index (χ0v) is 18.7. The summed E-state index contributed by atoms with van der Waals surface area (Å²) >= 11 is 1.57. The fourth-order valence-electron chi connectivity index (χ4n) is 4.19. The van der Waals surface area contributed by atoms with E-state index >= 15 is 0 Å². The summed E-state index contributed by atoms with van der Waals surface area (Å²) in [5, 5.41) is 5.91. The van der Waals surface area contributed by atoms with Crippen molar-refractivity contribution in [2.45, 2.75) is 44.9 Å².